The normalized spacial score (nSPS) is 24.6. The molecule has 0 bridgehead atoms. The number of hydrogen-bond donors (Lipinski definition) is 21. The smallest absolute Gasteiger partial charge is 0.303 e. The minimum Gasteiger partial charge on any atom is -0.508 e. The molecule has 6 heterocycles. The number of rotatable bonds is 28. The van der Waals surface area contributed by atoms with Gasteiger partial charge < -0.3 is 130 Å². The van der Waals surface area contributed by atoms with Crippen molar-refractivity contribution in [3.63, 3.8) is 0 Å². The number of phenols is 1. The minimum atomic E-state index is -1.89. The van der Waals surface area contributed by atoms with Crippen molar-refractivity contribution in [2.45, 2.75) is 234 Å². The molecule has 44 nitrogen and oxygen atoms in total. The average Bonchev–Trinajstić information content (AvgIpc) is 1.68. The van der Waals surface area contributed by atoms with Gasteiger partial charge in [-0.2, -0.15) is 0 Å². The SMILES string of the molecule is CCCC[C@H]1C(=O)N(C)[C@@H](CCCC)C(=O)N[C@@H](CCCNC(=N)N)C(=O)N[C@H](C(=O)NCC(N)=O)CSCC(=O)N[C@@H](Cc2ccc(O)cc2)C(=O)N(C)[C@@H](C)C(=O)N[C@@H](CCCN)C(=O)N2CCC[C@H]2C(=O)N[C@@H](Cc2c[nH]cn2)C(=O)N[C@@H](CCC(=O)O)C(=O)N2C[C@H](O)C[C@H]2C(=O)C[C@@H](Cc2c[nH]c3ccccc23)C(=O)N[C@@H](CO)C(=O)N[C@@H](Cc2c[nH]c3ccccc23)C(=O)N1C. The molecule has 3 aromatic heterocycles. The third kappa shape index (κ3) is 30.2. The van der Waals surface area contributed by atoms with Crippen LogP contribution < -0.4 is 70.4 Å². The number of aromatic nitrogens is 4. The van der Waals surface area contributed by atoms with Crippen molar-refractivity contribution < 1.29 is 102 Å². The van der Waals surface area contributed by atoms with Gasteiger partial charge in [-0.05, 0) is 119 Å². The number of guanidine groups is 1. The highest BCUT2D eigenvalue weighted by atomic mass is 32.2. The number of aliphatic carboxylic acids is 1. The third-order valence-corrected chi connectivity index (χ3v) is 25.9. The number of likely N-dealkylation sites (N-methyl/N-ethyl adjacent to an activating group) is 3. The van der Waals surface area contributed by atoms with E-state index in [-0.39, 0.29) is 108 Å². The Balaban J connectivity index is 1.11. The number of benzene rings is 3. The number of H-pyrrole nitrogens is 3. The molecular formula is C92H129N23O21S. The van der Waals surface area contributed by atoms with Crippen molar-refractivity contribution in [1.29, 1.82) is 5.41 Å². The van der Waals surface area contributed by atoms with E-state index in [1.807, 2.05) is 13.8 Å². The Morgan fingerprint density at radius 3 is 1.77 bits per heavy atom. The second-order valence-corrected chi connectivity index (χ2v) is 35.9. The van der Waals surface area contributed by atoms with Gasteiger partial charge in [0.2, 0.25) is 88.6 Å². The van der Waals surface area contributed by atoms with Crippen LogP contribution in [-0.2, 0) is 107 Å². The number of phenolic OH excluding ortho intramolecular Hbond substituents is 1. The number of hydrogen-bond acceptors (Lipinski definition) is 24. The number of para-hydroxylation sites is 2. The molecule has 3 aliphatic rings. The van der Waals surface area contributed by atoms with Crippen LogP contribution in [0.15, 0.2) is 97.7 Å². The van der Waals surface area contributed by atoms with Crippen molar-refractivity contribution in [3.8, 4) is 5.75 Å². The maximum absolute atomic E-state index is 15.8. The van der Waals surface area contributed by atoms with Crippen LogP contribution in [0.25, 0.3) is 21.8 Å². The van der Waals surface area contributed by atoms with Gasteiger partial charge >= 0.3 is 5.97 Å². The number of aliphatic hydroxyl groups is 2. The Kier molecular flexibility index (Phi) is 40.6. The second kappa shape index (κ2) is 51.9. The van der Waals surface area contributed by atoms with Crippen LogP contribution >= 0.6 is 11.8 Å². The number of aromatic amines is 3. The van der Waals surface area contributed by atoms with Crippen molar-refractivity contribution in [3.05, 3.63) is 120 Å². The van der Waals surface area contributed by atoms with E-state index in [1.54, 1.807) is 60.9 Å². The second-order valence-electron chi connectivity index (χ2n) is 34.8. The molecule has 0 unspecified atom stereocenters. The summed E-state index contributed by atoms with van der Waals surface area (Å²) in [7, 11) is 3.95. The number of imidazole rings is 1. The van der Waals surface area contributed by atoms with Crippen LogP contribution in [0, 0.1) is 11.3 Å². The maximum atomic E-state index is 15.8. The molecule has 45 heteroatoms. The third-order valence-electron chi connectivity index (χ3n) is 24.8. The minimum absolute atomic E-state index is 0.0121. The standard InChI is InChI=1S/C92H129N23O21S/c1-7-9-24-71-85(130)104-63(23-16-34-98-92(95)96)82(127)110-70(81(126)101-45-76(94)120)48-137-49-77(121)103-67(36-52-27-29-57(117)30-28-52)87(132)111(4)51(3)79(124)105-64(22-15-33-93)89(134)114-35-17-26-72(114)86(131)107-66(40-56-44-97-50-102-56)83(128)106-65(31-32-78(122)123)90(135)115-46-58(118)41-74(115)75(119)39-53(37-54-42-99-61-20-13-11-18-59(54)61)80(125)109-69(47-116)84(129)108-68(38-55-43-100-62-21-14-12-19-60(55)62)88(133)113(6)73(25-10-8-2)91(136)112(71)5/h11-14,18-21,27-30,42-44,50-51,53,58,63-74,99-100,116-118H,7-10,15-17,22-26,31-41,45-49,93H2,1-6H3,(H2,94,120)(H,97,102)(H,101,126)(H,103,121)(H,104,130)(H,105,124)(H,106,128)(H,107,131)(H,108,129)(H,109,125)(H,110,127)(H,122,123)(H4,95,96,98)/t51-,53+,58+,63-,64-,65-,66-,67-,68-,69-,70-,71-,72-,73-,74-/m0/s1. The van der Waals surface area contributed by atoms with Gasteiger partial charge in [-0.3, -0.25) is 86.9 Å². The Morgan fingerprint density at radius 2 is 1.14 bits per heavy atom. The number of carboxylic acids is 1. The van der Waals surface area contributed by atoms with Gasteiger partial charge in [0.1, 0.15) is 78.3 Å². The van der Waals surface area contributed by atoms with Crippen molar-refractivity contribution >= 4 is 140 Å². The average molecular weight is 1930 g/mol. The lowest BCUT2D eigenvalue weighted by Gasteiger charge is -2.36. The van der Waals surface area contributed by atoms with Gasteiger partial charge in [0.25, 0.3) is 0 Å². The lowest BCUT2D eigenvalue weighted by molar-refractivity contribution is -0.149. The number of amides is 15. The molecule has 3 aliphatic heterocycles. The molecule has 3 aromatic carbocycles. The van der Waals surface area contributed by atoms with Crippen LogP contribution in [0.5, 0.6) is 5.75 Å². The fourth-order valence-electron chi connectivity index (χ4n) is 17.1. The zero-order chi connectivity index (χ0) is 99.9. The largest absolute Gasteiger partial charge is 0.508 e. The lowest BCUT2D eigenvalue weighted by Crippen LogP contribution is -2.61. The van der Waals surface area contributed by atoms with E-state index in [1.165, 1.54) is 69.8 Å². The highest BCUT2D eigenvalue weighted by Gasteiger charge is 2.47. The zero-order valence-electron chi connectivity index (χ0n) is 77.7. The van der Waals surface area contributed by atoms with Crippen LogP contribution in [0.4, 0.5) is 0 Å². The molecule has 0 radical (unpaired) electrons. The highest BCUT2D eigenvalue weighted by Crippen LogP contribution is 2.30. The summed E-state index contributed by atoms with van der Waals surface area (Å²) in [4.78, 5) is 269. The lowest BCUT2D eigenvalue weighted by atomic mass is 9.90. The molecule has 744 valence electrons. The summed E-state index contributed by atoms with van der Waals surface area (Å²) >= 11 is 0.777. The first-order chi connectivity index (χ1) is 65.4. The topological polar surface area (TPSA) is 670 Å². The fraction of sp³-hybridized carbons (Fsp3) is 0.533. The number of fused-ring (bicyclic) bond motifs is 4. The molecule has 137 heavy (non-hydrogen) atoms. The predicted octanol–water partition coefficient (Wildman–Crippen LogP) is -2.16. The molecule has 0 spiro atoms. The van der Waals surface area contributed by atoms with E-state index in [9.17, 15) is 58.8 Å². The first-order valence-corrected chi connectivity index (χ1v) is 47.2. The molecule has 9 rings (SSSR count). The molecule has 6 aromatic rings. The monoisotopic (exact) mass is 1920 g/mol. The highest BCUT2D eigenvalue weighted by molar-refractivity contribution is 8.00. The zero-order valence-corrected chi connectivity index (χ0v) is 78.6. The van der Waals surface area contributed by atoms with Gasteiger partial charge in [0, 0.05) is 131 Å². The summed E-state index contributed by atoms with van der Waals surface area (Å²) in [6, 6.07) is -0.417. The Labute approximate surface area is 795 Å². The quantitative estimate of drug-likeness (QED) is 0.0141. The van der Waals surface area contributed by atoms with Crippen LogP contribution in [0.1, 0.15) is 146 Å². The molecule has 0 saturated carbocycles. The predicted molar refractivity (Wildman–Crippen MR) is 503 cm³/mol. The number of unbranched alkanes of at least 4 members (excludes halogenated alkanes) is 2. The summed E-state index contributed by atoms with van der Waals surface area (Å²) in [5.41, 5.74) is 20.0. The fourth-order valence-corrected chi connectivity index (χ4v) is 17.9. The number of ketones is 1. The number of carbonyl (C=O) groups is 17. The van der Waals surface area contributed by atoms with Gasteiger partial charge in [0.05, 0.1) is 43.1 Å². The summed E-state index contributed by atoms with van der Waals surface area (Å²) in [6.07, 6.45) is 2.51. The van der Waals surface area contributed by atoms with E-state index in [2.05, 4.69) is 73.1 Å². The molecule has 3 saturated heterocycles. The number of nitrogens with one attached hydrogen (secondary N) is 14. The number of nitrogens with zero attached hydrogens (tertiary/aromatic N) is 6. The van der Waals surface area contributed by atoms with Gasteiger partial charge in [-0.1, -0.05) is 88.1 Å². The molecule has 15 atom stereocenters. The summed E-state index contributed by atoms with van der Waals surface area (Å²) in [5, 5.41) is 78.6. The maximum Gasteiger partial charge on any atom is 0.303 e. The van der Waals surface area contributed by atoms with E-state index in [0.717, 1.165) is 31.4 Å². The number of carboxylic acid groups (broad SMARTS) is 1. The summed E-state index contributed by atoms with van der Waals surface area (Å²) in [5.74, 6) is -19.1. The first kappa shape index (κ1) is 107. The van der Waals surface area contributed by atoms with Gasteiger partial charge in [-0.25, -0.2) is 4.98 Å². The Bertz CT molecular complexity index is 5250. The van der Waals surface area contributed by atoms with Crippen molar-refractivity contribution in [2.24, 2.45) is 23.1 Å². The first-order valence-electron chi connectivity index (χ1n) is 46.1. The Hall–Kier alpha value is -13.6. The molecule has 15 amide bonds. The van der Waals surface area contributed by atoms with Crippen LogP contribution in [-0.4, -0.2) is 328 Å². The number of carbonyl (C=O) groups excluding carboxylic acids is 16. The number of aromatic hydroxyl groups is 1. The molecule has 24 N–H and O–H groups in total. The summed E-state index contributed by atoms with van der Waals surface area (Å²) in [6.45, 7) is 2.60. The molecular weight excluding hydrogens is 1800 g/mol. The van der Waals surface area contributed by atoms with E-state index in [4.69, 9.17) is 22.6 Å². The number of thioether (sulfide) groups is 1. The van der Waals surface area contributed by atoms with Crippen molar-refractivity contribution in [2.75, 3.05) is 72.0 Å². The number of Topliss-reactive ketones (excluding diaryl/α,β-unsaturated/α-hetero) is 1. The van der Waals surface area contributed by atoms with E-state index >= 15 is 43.2 Å². The van der Waals surface area contributed by atoms with Crippen LogP contribution in [0.2, 0.25) is 0 Å². The number of nitrogens with two attached hydrogens (primary N) is 3. The number of primary amides is 1. The summed E-state index contributed by atoms with van der Waals surface area (Å²) < 4.78 is 0. The van der Waals surface area contributed by atoms with Gasteiger partial charge in [-0.15, -0.1) is 11.8 Å². The molecule has 0 aliphatic carbocycles. The Morgan fingerprint density at radius 1 is 0.569 bits per heavy atom. The van der Waals surface area contributed by atoms with Gasteiger partial charge in [0.15, 0.2) is 11.7 Å². The van der Waals surface area contributed by atoms with Crippen molar-refractivity contribution in [1.82, 2.24) is 97.6 Å². The molecule has 3 fully saturated rings. The van der Waals surface area contributed by atoms with E-state index in [0.29, 0.717) is 64.2 Å². The number of aliphatic hydroxyl groups excluding tert-OH is 2. The van der Waals surface area contributed by atoms with Crippen LogP contribution in [0.3, 0.4) is 0 Å². The van der Waals surface area contributed by atoms with E-state index < -0.39 is 254 Å².